The van der Waals surface area contributed by atoms with Gasteiger partial charge in [-0.25, -0.2) is 0 Å². The molecule has 88 valence electrons. The third kappa shape index (κ3) is 1.96. The molecule has 0 radical (unpaired) electrons. The van der Waals surface area contributed by atoms with E-state index in [2.05, 4.69) is 26.9 Å². The van der Waals surface area contributed by atoms with Crippen LogP contribution in [0.1, 0.15) is 29.7 Å². The van der Waals surface area contributed by atoms with Crippen molar-refractivity contribution in [2.24, 2.45) is 5.73 Å². The third-order valence-electron chi connectivity index (χ3n) is 3.32. The summed E-state index contributed by atoms with van der Waals surface area (Å²) in [5.41, 5.74) is 7.35. The molecular weight excluding hydrogens is 212 g/mol. The minimum absolute atomic E-state index is 0.00472. The number of hydrogen-bond acceptors (Lipinski definition) is 3. The molecule has 2 N–H and O–H groups in total. The molecule has 2 heterocycles. The predicted molar refractivity (Wildman–Crippen MR) is 65.4 cm³/mol. The van der Waals surface area contributed by atoms with Crippen molar-refractivity contribution in [3.63, 3.8) is 0 Å². The van der Waals surface area contributed by atoms with Crippen molar-refractivity contribution < 1.29 is 0 Å². The second kappa shape index (κ2) is 4.30. The van der Waals surface area contributed by atoms with Crippen LogP contribution in [0.5, 0.6) is 0 Å². The molecule has 1 aromatic carbocycles. The fourth-order valence-corrected chi connectivity index (χ4v) is 2.38. The van der Waals surface area contributed by atoms with E-state index in [-0.39, 0.29) is 6.04 Å². The third-order valence-corrected chi connectivity index (χ3v) is 3.32. The second-order valence-corrected chi connectivity index (χ2v) is 4.51. The number of nitrogens with two attached hydrogens (primary N) is 1. The molecule has 1 unspecified atom stereocenters. The molecule has 0 saturated heterocycles. The van der Waals surface area contributed by atoms with Gasteiger partial charge >= 0.3 is 0 Å². The van der Waals surface area contributed by atoms with E-state index >= 15 is 0 Å². The molecule has 4 nitrogen and oxygen atoms in total. The molecule has 1 aliphatic rings. The molecule has 17 heavy (non-hydrogen) atoms. The van der Waals surface area contributed by atoms with Gasteiger partial charge in [0.1, 0.15) is 11.6 Å². The van der Waals surface area contributed by atoms with E-state index in [1.165, 1.54) is 6.42 Å². The minimum Gasteiger partial charge on any atom is -0.324 e. The van der Waals surface area contributed by atoms with Gasteiger partial charge in [0, 0.05) is 25.4 Å². The Morgan fingerprint density at radius 2 is 2.06 bits per heavy atom. The number of benzene rings is 1. The minimum atomic E-state index is 0.00472. The summed E-state index contributed by atoms with van der Waals surface area (Å²) in [6.45, 7) is 1.04. The predicted octanol–water partition coefficient (Wildman–Crippen LogP) is 1.47. The molecule has 3 rings (SSSR count). The number of aryl methyl sites for hydroxylation is 1. The van der Waals surface area contributed by atoms with E-state index in [9.17, 15) is 0 Å². The number of aromatic nitrogens is 3. The van der Waals surface area contributed by atoms with E-state index in [0.29, 0.717) is 0 Å². The second-order valence-electron chi connectivity index (χ2n) is 4.51. The smallest absolute Gasteiger partial charge is 0.134 e. The van der Waals surface area contributed by atoms with Crippen LogP contribution in [0, 0.1) is 0 Å². The normalized spacial score (nSPS) is 15.8. The van der Waals surface area contributed by atoms with Crippen LogP contribution in [0.15, 0.2) is 30.3 Å². The van der Waals surface area contributed by atoms with E-state index in [1.807, 2.05) is 18.2 Å². The number of nitrogens with zero attached hydrogens (tertiary/aromatic N) is 3. The van der Waals surface area contributed by atoms with Crippen molar-refractivity contribution in [2.75, 3.05) is 0 Å². The van der Waals surface area contributed by atoms with Gasteiger partial charge in [-0.1, -0.05) is 30.3 Å². The quantitative estimate of drug-likeness (QED) is 0.865. The van der Waals surface area contributed by atoms with Gasteiger partial charge in [-0.2, -0.15) is 0 Å². The van der Waals surface area contributed by atoms with Crippen molar-refractivity contribution in [3.05, 3.63) is 47.5 Å². The molecule has 4 heteroatoms. The van der Waals surface area contributed by atoms with Gasteiger partial charge in [0.2, 0.25) is 0 Å². The van der Waals surface area contributed by atoms with Gasteiger partial charge in [-0.05, 0) is 12.0 Å². The lowest BCUT2D eigenvalue weighted by Crippen LogP contribution is -2.16. The molecule has 0 spiro atoms. The summed E-state index contributed by atoms with van der Waals surface area (Å²) in [7, 11) is 0. The Bertz CT molecular complexity index is 503. The van der Waals surface area contributed by atoms with Gasteiger partial charge < -0.3 is 10.3 Å². The summed E-state index contributed by atoms with van der Waals surface area (Å²) in [6.07, 6.45) is 2.99. The van der Waals surface area contributed by atoms with Crippen molar-refractivity contribution >= 4 is 0 Å². The van der Waals surface area contributed by atoms with Crippen LogP contribution in [-0.4, -0.2) is 14.8 Å². The molecule has 0 bridgehead atoms. The SMILES string of the molecule is NC(Cc1nnc2n1CCC2)c1ccccc1. The van der Waals surface area contributed by atoms with Crippen LogP contribution >= 0.6 is 0 Å². The first-order chi connectivity index (χ1) is 8.34. The molecule has 0 aliphatic carbocycles. The van der Waals surface area contributed by atoms with Gasteiger partial charge in [-0.3, -0.25) is 0 Å². The van der Waals surface area contributed by atoms with E-state index in [0.717, 1.165) is 36.6 Å². The summed E-state index contributed by atoms with van der Waals surface area (Å²) >= 11 is 0. The summed E-state index contributed by atoms with van der Waals surface area (Å²) in [4.78, 5) is 0. The average molecular weight is 228 g/mol. The Balaban J connectivity index is 1.79. The van der Waals surface area contributed by atoms with Crippen LogP contribution < -0.4 is 5.73 Å². The van der Waals surface area contributed by atoms with Crippen LogP contribution in [0.4, 0.5) is 0 Å². The van der Waals surface area contributed by atoms with E-state index < -0.39 is 0 Å². The highest BCUT2D eigenvalue weighted by Crippen LogP contribution is 2.19. The summed E-state index contributed by atoms with van der Waals surface area (Å²) in [5, 5.41) is 8.44. The van der Waals surface area contributed by atoms with E-state index in [4.69, 9.17) is 5.73 Å². The van der Waals surface area contributed by atoms with Gasteiger partial charge in [0.15, 0.2) is 0 Å². The maximum absolute atomic E-state index is 6.20. The first-order valence-electron chi connectivity index (χ1n) is 6.06. The van der Waals surface area contributed by atoms with Crippen LogP contribution in [0.2, 0.25) is 0 Å². The topological polar surface area (TPSA) is 56.7 Å². The zero-order valence-electron chi connectivity index (χ0n) is 9.71. The van der Waals surface area contributed by atoms with Crippen molar-refractivity contribution in [1.82, 2.24) is 14.8 Å². The zero-order chi connectivity index (χ0) is 11.7. The summed E-state index contributed by atoms with van der Waals surface area (Å²) in [5.74, 6) is 2.13. The lowest BCUT2D eigenvalue weighted by Gasteiger charge is -2.11. The first-order valence-corrected chi connectivity index (χ1v) is 6.06. The Kier molecular flexibility index (Phi) is 2.65. The lowest BCUT2D eigenvalue weighted by molar-refractivity contribution is 0.624. The highest BCUT2D eigenvalue weighted by atomic mass is 15.3. The molecule has 1 aromatic heterocycles. The van der Waals surface area contributed by atoms with E-state index in [1.54, 1.807) is 0 Å². The number of fused-ring (bicyclic) bond motifs is 1. The molecule has 0 saturated carbocycles. The number of hydrogen-bond donors (Lipinski definition) is 1. The molecule has 0 fully saturated rings. The Labute approximate surface area is 100 Å². The fraction of sp³-hybridized carbons (Fsp3) is 0.385. The monoisotopic (exact) mass is 228 g/mol. The maximum Gasteiger partial charge on any atom is 0.134 e. The molecule has 0 amide bonds. The highest BCUT2D eigenvalue weighted by Gasteiger charge is 2.19. The van der Waals surface area contributed by atoms with Crippen molar-refractivity contribution in [1.29, 1.82) is 0 Å². The largest absolute Gasteiger partial charge is 0.324 e. The Morgan fingerprint density at radius 1 is 1.24 bits per heavy atom. The molecule has 1 aliphatic heterocycles. The Hall–Kier alpha value is -1.68. The van der Waals surface area contributed by atoms with Crippen molar-refractivity contribution in [2.45, 2.75) is 31.8 Å². The average Bonchev–Trinajstić information content (AvgIpc) is 2.95. The fourth-order valence-electron chi connectivity index (χ4n) is 2.38. The van der Waals surface area contributed by atoms with Crippen molar-refractivity contribution in [3.8, 4) is 0 Å². The molecule has 2 aromatic rings. The standard InChI is InChI=1S/C13H16N4/c14-11(10-5-2-1-3-6-10)9-13-16-15-12-7-4-8-17(12)13/h1-3,5-6,11H,4,7-9,14H2. The van der Waals surface area contributed by atoms with Crippen LogP contribution in [0.25, 0.3) is 0 Å². The lowest BCUT2D eigenvalue weighted by atomic mass is 10.0. The first kappa shape index (κ1) is 10.5. The molecular formula is C13H16N4. The zero-order valence-corrected chi connectivity index (χ0v) is 9.71. The summed E-state index contributed by atoms with van der Waals surface area (Å²) in [6, 6.07) is 10.2. The van der Waals surface area contributed by atoms with Gasteiger partial charge in [0.05, 0.1) is 0 Å². The highest BCUT2D eigenvalue weighted by molar-refractivity contribution is 5.19. The van der Waals surface area contributed by atoms with Crippen LogP contribution in [0.3, 0.4) is 0 Å². The van der Waals surface area contributed by atoms with Gasteiger partial charge in [0.25, 0.3) is 0 Å². The van der Waals surface area contributed by atoms with Gasteiger partial charge in [-0.15, -0.1) is 10.2 Å². The van der Waals surface area contributed by atoms with Crippen LogP contribution in [-0.2, 0) is 19.4 Å². The number of rotatable bonds is 3. The Morgan fingerprint density at radius 3 is 2.88 bits per heavy atom. The summed E-state index contributed by atoms with van der Waals surface area (Å²) < 4.78 is 2.21. The maximum atomic E-state index is 6.20. The molecule has 1 atom stereocenters.